The van der Waals surface area contributed by atoms with Gasteiger partial charge in [-0.1, -0.05) is 6.42 Å². The fraction of sp³-hybridized carbons (Fsp3) is 0.550. The fourth-order valence-corrected chi connectivity index (χ4v) is 3.09. The average molecular weight is 392 g/mol. The van der Waals surface area contributed by atoms with Gasteiger partial charge in [0.15, 0.2) is 0 Å². The van der Waals surface area contributed by atoms with Gasteiger partial charge in [0.2, 0.25) is 17.7 Å². The van der Waals surface area contributed by atoms with Gasteiger partial charge in [0.05, 0.1) is 6.54 Å². The van der Waals surface area contributed by atoms with Crippen molar-refractivity contribution in [3.8, 4) is 0 Å². The van der Waals surface area contributed by atoms with E-state index in [4.69, 9.17) is 0 Å². The van der Waals surface area contributed by atoms with Crippen LogP contribution in [0.15, 0.2) is 24.3 Å². The van der Waals surface area contributed by atoms with Crippen LogP contribution in [0.25, 0.3) is 0 Å². The first-order chi connectivity index (χ1) is 13.4. The molecule has 0 aliphatic carbocycles. The molecule has 2 rings (SSSR count). The van der Waals surface area contributed by atoms with Crippen LogP contribution >= 0.6 is 0 Å². The second-order valence-electron chi connectivity index (χ2n) is 7.01. The number of benzene rings is 1. The summed E-state index contributed by atoms with van der Waals surface area (Å²) < 4.78 is 12.9. The number of carbonyl (C=O) groups is 3. The molecule has 1 saturated heterocycles. The smallest absolute Gasteiger partial charge is 0.238 e. The molecule has 1 aliphatic heterocycles. The Bertz CT molecular complexity index is 658. The number of rotatable bonds is 9. The zero-order chi connectivity index (χ0) is 20.4. The number of amides is 3. The summed E-state index contributed by atoms with van der Waals surface area (Å²) in [4.78, 5) is 39.0. The Hall–Kier alpha value is -2.48. The summed E-state index contributed by atoms with van der Waals surface area (Å²) in [5.41, 5.74) is 0.568. The van der Waals surface area contributed by atoms with Crippen LogP contribution in [0.2, 0.25) is 0 Å². The average Bonchev–Trinajstić information content (AvgIpc) is 2.66. The number of halogens is 1. The van der Waals surface area contributed by atoms with Gasteiger partial charge in [-0.2, -0.15) is 0 Å². The van der Waals surface area contributed by atoms with Gasteiger partial charge in [0.1, 0.15) is 5.82 Å². The van der Waals surface area contributed by atoms with E-state index in [9.17, 15) is 18.8 Å². The van der Waals surface area contributed by atoms with Crippen molar-refractivity contribution in [2.45, 2.75) is 32.6 Å². The van der Waals surface area contributed by atoms with Crippen LogP contribution in [0.5, 0.6) is 0 Å². The summed E-state index contributed by atoms with van der Waals surface area (Å²) >= 11 is 0. The Kier molecular flexibility index (Phi) is 8.87. The Morgan fingerprint density at radius 3 is 2.32 bits per heavy atom. The van der Waals surface area contributed by atoms with Crippen LogP contribution in [0.3, 0.4) is 0 Å². The molecular formula is C20H29FN4O3. The Labute approximate surface area is 165 Å². The largest absolute Gasteiger partial charge is 0.356 e. The minimum atomic E-state index is -0.341. The molecule has 0 unspecified atom stereocenters. The number of hydrogen-bond donors (Lipinski definition) is 2. The number of hydrogen-bond acceptors (Lipinski definition) is 4. The van der Waals surface area contributed by atoms with Gasteiger partial charge in [-0.15, -0.1) is 0 Å². The molecule has 1 aromatic carbocycles. The molecule has 7 nitrogen and oxygen atoms in total. The highest BCUT2D eigenvalue weighted by Gasteiger charge is 2.22. The lowest BCUT2D eigenvalue weighted by molar-refractivity contribution is -0.133. The van der Waals surface area contributed by atoms with Crippen LogP contribution in [0, 0.1) is 5.82 Å². The van der Waals surface area contributed by atoms with Gasteiger partial charge in [-0.25, -0.2) is 4.39 Å². The monoisotopic (exact) mass is 392 g/mol. The summed E-state index contributed by atoms with van der Waals surface area (Å²) in [5, 5.41) is 5.49. The van der Waals surface area contributed by atoms with Gasteiger partial charge >= 0.3 is 0 Å². The second-order valence-corrected chi connectivity index (χ2v) is 7.01. The molecule has 0 atom stereocenters. The molecule has 0 saturated carbocycles. The van der Waals surface area contributed by atoms with Crippen molar-refractivity contribution in [2.24, 2.45) is 0 Å². The topological polar surface area (TPSA) is 81.8 Å². The van der Waals surface area contributed by atoms with E-state index >= 15 is 0 Å². The van der Waals surface area contributed by atoms with Crippen LogP contribution < -0.4 is 10.6 Å². The SMILES string of the molecule is CC(=O)NCCCCCC(=O)N1CCN(CC(=O)Nc2ccc(F)cc2)CC1. The van der Waals surface area contributed by atoms with Crippen LogP contribution in [-0.2, 0) is 14.4 Å². The third-order valence-electron chi connectivity index (χ3n) is 4.66. The van der Waals surface area contributed by atoms with E-state index in [2.05, 4.69) is 10.6 Å². The first-order valence-corrected chi connectivity index (χ1v) is 9.74. The van der Waals surface area contributed by atoms with E-state index in [0.717, 1.165) is 19.3 Å². The Balaban J connectivity index is 1.59. The number of piperazine rings is 1. The molecule has 2 N–H and O–H groups in total. The van der Waals surface area contributed by atoms with Crippen molar-refractivity contribution in [3.05, 3.63) is 30.1 Å². The molecule has 1 aromatic rings. The lowest BCUT2D eigenvalue weighted by atomic mass is 10.1. The third-order valence-corrected chi connectivity index (χ3v) is 4.66. The molecule has 0 bridgehead atoms. The standard InChI is InChI=1S/C20H29FN4O3/c1-16(26)22-10-4-2-3-5-20(28)25-13-11-24(12-14-25)15-19(27)23-18-8-6-17(21)7-9-18/h6-9H,2-5,10-15H2,1H3,(H,22,26)(H,23,27). The highest BCUT2D eigenvalue weighted by molar-refractivity contribution is 5.92. The fourth-order valence-electron chi connectivity index (χ4n) is 3.09. The minimum absolute atomic E-state index is 0.0275. The third kappa shape index (κ3) is 8.04. The van der Waals surface area contributed by atoms with Gasteiger partial charge in [-0.05, 0) is 37.1 Å². The maximum atomic E-state index is 12.9. The highest BCUT2D eigenvalue weighted by Crippen LogP contribution is 2.10. The zero-order valence-electron chi connectivity index (χ0n) is 16.4. The molecular weight excluding hydrogens is 363 g/mol. The normalized spacial score (nSPS) is 14.6. The van der Waals surface area contributed by atoms with Crippen LogP contribution in [-0.4, -0.2) is 66.8 Å². The predicted molar refractivity (Wildman–Crippen MR) is 105 cm³/mol. The first kappa shape index (κ1) is 21.8. The van der Waals surface area contributed by atoms with Crippen LogP contribution in [0.4, 0.5) is 10.1 Å². The molecule has 0 aromatic heterocycles. The van der Waals surface area contributed by atoms with Crippen molar-refractivity contribution in [1.82, 2.24) is 15.1 Å². The molecule has 28 heavy (non-hydrogen) atoms. The van der Waals surface area contributed by atoms with Gasteiger partial charge < -0.3 is 15.5 Å². The molecule has 0 radical (unpaired) electrons. The molecule has 8 heteroatoms. The summed E-state index contributed by atoms with van der Waals surface area (Å²) in [6, 6.07) is 5.67. The second kappa shape index (κ2) is 11.4. The van der Waals surface area contributed by atoms with Crippen molar-refractivity contribution < 1.29 is 18.8 Å². The van der Waals surface area contributed by atoms with Crippen molar-refractivity contribution in [2.75, 3.05) is 44.6 Å². The quantitative estimate of drug-likeness (QED) is 0.626. The summed E-state index contributed by atoms with van der Waals surface area (Å²) in [6.45, 7) is 4.96. The predicted octanol–water partition coefficient (Wildman–Crippen LogP) is 1.60. The molecule has 1 heterocycles. The van der Waals surface area contributed by atoms with Crippen molar-refractivity contribution in [3.63, 3.8) is 0 Å². The molecule has 154 valence electrons. The molecule has 0 spiro atoms. The lowest BCUT2D eigenvalue weighted by Gasteiger charge is -2.34. The lowest BCUT2D eigenvalue weighted by Crippen LogP contribution is -2.50. The number of nitrogens with one attached hydrogen (secondary N) is 2. The number of anilines is 1. The Morgan fingerprint density at radius 2 is 1.68 bits per heavy atom. The number of carbonyl (C=O) groups excluding carboxylic acids is 3. The summed E-state index contributed by atoms with van der Waals surface area (Å²) in [6.07, 6.45) is 3.13. The minimum Gasteiger partial charge on any atom is -0.356 e. The molecule has 1 aliphatic rings. The number of nitrogens with zero attached hydrogens (tertiary/aromatic N) is 2. The summed E-state index contributed by atoms with van der Waals surface area (Å²) in [7, 11) is 0. The van der Waals surface area contributed by atoms with E-state index in [0.29, 0.717) is 44.8 Å². The molecule has 1 fully saturated rings. The molecule has 3 amide bonds. The summed E-state index contributed by atoms with van der Waals surface area (Å²) in [5.74, 6) is -0.368. The van der Waals surface area contributed by atoms with E-state index in [1.54, 1.807) is 0 Å². The van der Waals surface area contributed by atoms with E-state index < -0.39 is 0 Å². The van der Waals surface area contributed by atoms with E-state index in [1.165, 1.54) is 31.2 Å². The van der Waals surface area contributed by atoms with Gasteiger partial charge in [0, 0.05) is 51.8 Å². The van der Waals surface area contributed by atoms with Crippen molar-refractivity contribution >= 4 is 23.4 Å². The van der Waals surface area contributed by atoms with E-state index in [-0.39, 0.29) is 30.1 Å². The maximum Gasteiger partial charge on any atom is 0.238 e. The van der Waals surface area contributed by atoms with Gasteiger partial charge in [0.25, 0.3) is 0 Å². The van der Waals surface area contributed by atoms with Gasteiger partial charge in [-0.3, -0.25) is 19.3 Å². The van der Waals surface area contributed by atoms with E-state index in [1.807, 2.05) is 9.80 Å². The first-order valence-electron chi connectivity index (χ1n) is 9.74. The zero-order valence-corrected chi connectivity index (χ0v) is 16.4. The van der Waals surface area contributed by atoms with Crippen LogP contribution in [0.1, 0.15) is 32.6 Å². The number of unbranched alkanes of at least 4 members (excludes halogenated alkanes) is 2. The van der Waals surface area contributed by atoms with Crippen molar-refractivity contribution in [1.29, 1.82) is 0 Å². The maximum absolute atomic E-state index is 12.9. The highest BCUT2D eigenvalue weighted by atomic mass is 19.1. The Morgan fingerprint density at radius 1 is 1.00 bits per heavy atom.